The molecule has 2 aromatic rings. The summed E-state index contributed by atoms with van der Waals surface area (Å²) in [6, 6.07) is 10.6. The molecule has 23 heavy (non-hydrogen) atoms. The van der Waals surface area contributed by atoms with E-state index in [0.29, 0.717) is 12.2 Å². The number of anilines is 1. The van der Waals surface area contributed by atoms with E-state index in [-0.39, 0.29) is 11.9 Å². The Bertz CT molecular complexity index is 654. The molecule has 3 rings (SSSR count). The number of rotatable bonds is 4. The van der Waals surface area contributed by atoms with Gasteiger partial charge in [0.1, 0.15) is 5.69 Å². The summed E-state index contributed by atoms with van der Waals surface area (Å²) in [5, 5.41) is 7.85. The van der Waals surface area contributed by atoms with Crippen molar-refractivity contribution in [2.45, 2.75) is 32.9 Å². The van der Waals surface area contributed by atoms with E-state index in [2.05, 4.69) is 46.4 Å². The largest absolute Gasteiger partial charge is 0.368 e. The molecule has 0 saturated carbocycles. The summed E-state index contributed by atoms with van der Waals surface area (Å²) >= 11 is 0. The predicted octanol–water partition coefficient (Wildman–Crippen LogP) is 2.04. The van der Waals surface area contributed by atoms with Crippen molar-refractivity contribution in [3.63, 3.8) is 0 Å². The monoisotopic (exact) mass is 313 g/mol. The Kier molecular flexibility index (Phi) is 4.60. The first-order valence-electron chi connectivity index (χ1n) is 8.24. The Morgan fingerprint density at radius 3 is 2.70 bits per heavy atom. The zero-order valence-electron chi connectivity index (χ0n) is 13.7. The van der Waals surface area contributed by atoms with Crippen molar-refractivity contribution in [3.8, 4) is 0 Å². The lowest BCUT2D eigenvalue weighted by atomic mass is 10.1. The molecule has 1 saturated heterocycles. The fourth-order valence-corrected chi connectivity index (χ4v) is 3.15. The maximum atomic E-state index is 12.9. The molecule has 1 aromatic heterocycles. The third-order valence-electron chi connectivity index (χ3n) is 4.47. The minimum absolute atomic E-state index is 0.0383. The van der Waals surface area contributed by atoms with Crippen LogP contribution in [0.5, 0.6) is 0 Å². The van der Waals surface area contributed by atoms with E-state index in [0.717, 1.165) is 26.1 Å². The average molecular weight is 313 g/mol. The van der Waals surface area contributed by atoms with E-state index in [9.17, 15) is 4.79 Å². The third-order valence-corrected chi connectivity index (χ3v) is 4.47. The highest BCUT2D eigenvalue weighted by Crippen LogP contribution is 2.21. The maximum Gasteiger partial charge on any atom is 0.274 e. The van der Waals surface area contributed by atoms with Crippen molar-refractivity contribution in [1.29, 1.82) is 0 Å². The van der Waals surface area contributed by atoms with Gasteiger partial charge in [-0.2, -0.15) is 0 Å². The van der Waals surface area contributed by atoms with Gasteiger partial charge in [-0.05, 0) is 25.5 Å². The molecule has 2 heterocycles. The highest BCUT2D eigenvalue weighted by atomic mass is 16.2. The van der Waals surface area contributed by atoms with Crippen molar-refractivity contribution in [3.05, 3.63) is 42.2 Å². The molecule has 6 nitrogen and oxygen atoms in total. The molecular formula is C17H23N5O. The zero-order valence-corrected chi connectivity index (χ0v) is 13.7. The number of aryl methyl sites for hydroxylation is 1. The van der Waals surface area contributed by atoms with E-state index in [4.69, 9.17) is 0 Å². The fourth-order valence-electron chi connectivity index (χ4n) is 3.15. The summed E-state index contributed by atoms with van der Waals surface area (Å²) in [5.41, 5.74) is 1.80. The fraction of sp³-hybridized carbons (Fsp3) is 0.471. The first-order chi connectivity index (χ1) is 11.2. The number of benzene rings is 1. The molecule has 0 bridgehead atoms. The van der Waals surface area contributed by atoms with Crippen LogP contribution in [0, 0.1) is 0 Å². The summed E-state index contributed by atoms with van der Waals surface area (Å²) in [4.78, 5) is 17.2. The smallest absolute Gasteiger partial charge is 0.274 e. The van der Waals surface area contributed by atoms with Gasteiger partial charge in [-0.15, -0.1) is 5.10 Å². The minimum atomic E-state index is 0.0383. The van der Waals surface area contributed by atoms with Crippen LogP contribution in [0.15, 0.2) is 36.5 Å². The third kappa shape index (κ3) is 3.06. The molecule has 1 amide bonds. The molecule has 0 spiro atoms. The Balaban J connectivity index is 1.76. The molecule has 1 aromatic carbocycles. The van der Waals surface area contributed by atoms with Crippen LogP contribution >= 0.6 is 0 Å². The Morgan fingerprint density at radius 2 is 2.00 bits per heavy atom. The average Bonchev–Trinajstić information content (AvgIpc) is 3.10. The van der Waals surface area contributed by atoms with E-state index in [1.165, 1.54) is 5.69 Å². The Hall–Kier alpha value is -2.37. The number of amides is 1. The predicted molar refractivity (Wildman–Crippen MR) is 89.5 cm³/mol. The van der Waals surface area contributed by atoms with E-state index < -0.39 is 0 Å². The van der Waals surface area contributed by atoms with E-state index >= 15 is 0 Å². The number of carbonyl (C=O) groups excluding carboxylic acids is 1. The van der Waals surface area contributed by atoms with Gasteiger partial charge >= 0.3 is 0 Å². The number of para-hydroxylation sites is 1. The number of aromatic nitrogens is 3. The first kappa shape index (κ1) is 15.5. The van der Waals surface area contributed by atoms with Gasteiger partial charge in [-0.3, -0.25) is 4.79 Å². The molecule has 122 valence electrons. The van der Waals surface area contributed by atoms with Crippen molar-refractivity contribution in [2.24, 2.45) is 0 Å². The molecule has 6 heteroatoms. The second kappa shape index (κ2) is 6.81. The number of hydrogen-bond donors (Lipinski definition) is 0. The van der Waals surface area contributed by atoms with Crippen LogP contribution in [0.3, 0.4) is 0 Å². The molecule has 1 atom stereocenters. The SMILES string of the molecule is CCC1CN(c2ccccc2)CCN1C(=O)c1cnnn1CC. The lowest BCUT2D eigenvalue weighted by Crippen LogP contribution is -2.55. The highest BCUT2D eigenvalue weighted by Gasteiger charge is 2.31. The normalized spacial score (nSPS) is 18.3. The number of hydrogen-bond acceptors (Lipinski definition) is 4. The van der Waals surface area contributed by atoms with Gasteiger partial charge in [-0.25, -0.2) is 4.68 Å². The summed E-state index contributed by atoms with van der Waals surface area (Å²) in [6.45, 7) is 7.19. The van der Waals surface area contributed by atoms with Crippen LogP contribution in [0.1, 0.15) is 30.8 Å². The van der Waals surface area contributed by atoms with Crippen LogP contribution in [0.25, 0.3) is 0 Å². The van der Waals surface area contributed by atoms with Crippen molar-refractivity contribution in [1.82, 2.24) is 19.9 Å². The zero-order chi connectivity index (χ0) is 16.2. The highest BCUT2D eigenvalue weighted by molar-refractivity contribution is 5.92. The first-order valence-corrected chi connectivity index (χ1v) is 8.24. The topological polar surface area (TPSA) is 54.3 Å². The van der Waals surface area contributed by atoms with Crippen molar-refractivity contribution >= 4 is 11.6 Å². The molecule has 1 unspecified atom stereocenters. The van der Waals surface area contributed by atoms with Crippen LogP contribution in [0.4, 0.5) is 5.69 Å². The molecule has 0 aliphatic carbocycles. The van der Waals surface area contributed by atoms with E-state index in [1.54, 1.807) is 10.9 Å². The van der Waals surface area contributed by atoms with Crippen molar-refractivity contribution in [2.75, 3.05) is 24.5 Å². The van der Waals surface area contributed by atoms with Gasteiger partial charge < -0.3 is 9.80 Å². The summed E-state index contributed by atoms with van der Waals surface area (Å²) < 4.78 is 1.67. The molecule has 1 fully saturated rings. The standard InChI is InChI=1S/C17H23N5O/c1-3-14-13-20(15-8-6-5-7-9-15)10-11-21(14)17(23)16-12-18-19-22(16)4-2/h5-9,12,14H,3-4,10-11,13H2,1-2H3. The number of nitrogens with zero attached hydrogens (tertiary/aromatic N) is 5. The van der Waals surface area contributed by atoms with Crippen LogP contribution in [0.2, 0.25) is 0 Å². The summed E-state index contributed by atoms with van der Waals surface area (Å²) in [6.07, 6.45) is 2.50. The van der Waals surface area contributed by atoms with Crippen LogP contribution in [-0.4, -0.2) is 51.5 Å². The molecule has 1 aliphatic heterocycles. The van der Waals surface area contributed by atoms with Gasteiger partial charge in [0, 0.05) is 37.9 Å². The van der Waals surface area contributed by atoms with Crippen LogP contribution < -0.4 is 4.90 Å². The van der Waals surface area contributed by atoms with Gasteiger partial charge in [0.25, 0.3) is 5.91 Å². The summed E-state index contributed by atoms with van der Waals surface area (Å²) in [5.74, 6) is 0.0383. The number of carbonyl (C=O) groups is 1. The van der Waals surface area contributed by atoms with Gasteiger partial charge in [0.2, 0.25) is 0 Å². The second-order valence-electron chi connectivity index (χ2n) is 5.78. The van der Waals surface area contributed by atoms with Gasteiger partial charge in [0.05, 0.1) is 6.20 Å². The number of piperazine rings is 1. The van der Waals surface area contributed by atoms with Gasteiger partial charge in [-0.1, -0.05) is 30.3 Å². The molecule has 0 N–H and O–H groups in total. The molecule has 1 aliphatic rings. The Labute approximate surface area is 136 Å². The second-order valence-corrected chi connectivity index (χ2v) is 5.78. The lowest BCUT2D eigenvalue weighted by Gasteiger charge is -2.42. The lowest BCUT2D eigenvalue weighted by molar-refractivity contribution is 0.0639. The van der Waals surface area contributed by atoms with E-state index in [1.807, 2.05) is 17.9 Å². The maximum absolute atomic E-state index is 12.9. The molecular weight excluding hydrogens is 290 g/mol. The van der Waals surface area contributed by atoms with Gasteiger partial charge in [0.15, 0.2) is 0 Å². The minimum Gasteiger partial charge on any atom is -0.368 e. The van der Waals surface area contributed by atoms with Crippen molar-refractivity contribution < 1.29 is 4.79 Å². The summed E-state index contributed by atoms with van der Waals surface area (Å²) in [7, 11) is 0. The quantitative estimate of drug-likeness (QED) is 0.867. The van der Waals surface area contributed by atoms with Crippen LogP contribution in [-0.2, 0) is 6.54 Å². The Morgan fingerprint density at radius 1 is 1.22 bits per heavy atom. The molecule has 0 radical (unpaired) electrons.